The molecule has 0 aliphatic rings. The molecule has 0 aliphatic carbocycles. The summed E-state index contributed by atoms with van der Waals surface area (Å²) in [7, 11) is 0. The third-order valence-corrected chi connectivity index (χ3v) is 1.44. The lowest BCUT2D eigenvalue weighted by atomic mass is 10.1. The molecule has 0 amide bonds. The van der Waals surface area contributed by atoms with Crippen LogP contribution in [0.1, 0.15) is 13.3 Å². The minimum Gasteiger partial charge on any atom is -0.317 e. The predicted molar refractivity (Wildman–Crippen MR) is 51.7 cm³/mol. The molecule has 0 aromatic carbocycles. The molecular formula is C10H16FN. The molecule has 0 bridgehead atoms. The van der Waals surface area contributed by atoms with Gasteiger partial charge in [0.15, 0.2) is 0 Å². The SMILES string of the molecule is C=C/C(=C\C(=C)F)CCNCC. The van der Waals surface area contributed by atoms with E-state index in [4.69, 9.17) is 0 Å². The van der Waals surface area contributed by atoms with Crippen LogP contribution in [0.3, 0.4) is 0 Å². The van der Waals surface area contributed by atoms with Gasteiger partial charge in [0.2, 0.25) is 0 Å². The van der Waals surface area contributed by atoms with Gasteiger partial charge in [-0.05, 0) is 31.2 Å². The van der Waals surface area contributed by atoms with Gasteiger partial charge in [0, 0.05) is 0 Å². The number of halogens is 1. The fourth-order valence-corrected chi connectivity index (χ4v) is 0.844. The van der Waals surface area contributed by atoms with E-state index in [1.165, 1.54) is 6.08 Å². The smallest absolute Gasteiger partial charge is 0.116 e. The highest BCUT2D eigenvalue weighted by molar-refractivity contribution is 5.24. The van der Waals surface area contributed by atoms with Gasteiger partial charge >= 0.3 is 0 Å². The average Bonchev–Trinajstić information content (AvgIpc) is 2.02. The Bertz CT molecular complexity index is 182. The highest BCUT2D eigenvalue weighted by Gasteiger charge is 1.92. The fourth-order valence-electron chi connectivity index (χ4n) is 0.844. The van der Waals surface area contributed by atoms with Gasteiger partial charge < -0.3 is 5.32 Å². The summed E-state index contributed by atoms with van der Waals surface area (Å²) in [5, 5.41) is 3.15. The summed E-state index contributed by atoms with van der Waals surface area (Å²) in [5.41, 5.74) is 0.878. The van der Waals surface area contributed by atoms with E-state index < -0.39 is 5.83 Å². The quantitative estimate of drug-likeness (QED) is 0.476. The van der Waals surface area contributed by atoms with Crippen LogP contribution in [0.4, 0.5) is 4.39 Å². The Kier molecular flexibility index (Phi) is 6.29. The fraction of sp³-hybridized carbons (Fsp3) is 0.400. The van der Waals surface area contributed by atoms with Gasteiger partial charge in [0.05, 0.1) is 0 Å². The van der Waals surface area contributed by atoms with Gasteiger partial charge in [0.1, 0.15) is 5.83 Å². The molecule has 0 spiro atoms. The maximum absolute atomic E-state index is 12.3. The molecule has 0 unspecified atom stereocenters. The Hall–Kier alpha value is -0.890. The van der Waals surface area contributed by atoms with E-state index in [-0.39, 0.29) is 0 Å². The molecule has 0 radical (unpaired) electrons. The maximum atomic E-state index is 12.3. The summed E-state index contributed by atoms with van der Waals surface area (Å²) in [4.78, 5) is 0. The first-order valence-electron chi connectivity index (χ1n) is 4.08. The van der Waals surface area contributed by atoms with E-state index in [0.717, 1.165) is 25.1 Å². The first kappa shape index (κ1) is 11.1. The van der Waals surface area contributed by atoms with Crippen LogP contribution in [0.25, 0.3) is 0 Å². The Labute approximate surface area is 73.7 Å². The lowest BCUT2D eigenvalue weighted by Gasteiger charge is -2.01. The van der Waals surface area contributed by atoms with Crippen LogP contribution in [0.15, 0.2) is 36.7 Å². The van der Waals surface area contributed by atoms with E-state index in [1.807, 2.05) is 6.92 Å². The largest absolute Gasteiger partial charge is 0.317 e. The van der Waals surface area contributed by atoms with Crippen LogP contribution in [-0.4, -0.2) is 13.1 Å². The van der Waals surface area contributed by atoms with Crippen LogP contribution >= 0.6 is 0 Å². The Balaban J connectivity index is 3.83. The number of nitrogens with one attached hydrogen (secondary N) is 1. The summed E-state index contributed by atoms with van der Waals surface area (Å²) >= 11 is 0. The molecule has 2 heteroatoms. The van der Waals surface area contributed by atoms with Crippen molar-refractivity contribution in [3.8, 4) is 0 Å². The van der Waals surface area contributed by atoms with E-state index >= 15 is 0 Å². The molecular weight excluding hydrogens is 153 g/mol. The Morgan fingerprint density at radius 1 is 1.58 bits per heavy atom. The van der Waals surface area contributed by atoms with Gasteiger partial charge in [-0.3, -0.25) is 0 Å². The summed E-state index contributed by atoms with van der Waals surface area (Å²) in [6.45, 7) is 10.6. The van der Waals surface area contributed by atoms with Crippen LogP contribution in [-0.2, 0) is 0 Å². The van der Waals surface area contributed by atoms with Gasteiger partial charge in [-0.2, -0.15) is 0 Å². The highest BCUT2D eigenvalue weighted by atomic mass is 19.1. The third kappa shape index (κ3) is 5.86. The summed E-state index contributed by atoms with van der Waals surface area (Å²) < 4.78 is 12.3. The normalized spacial score (nSPS) is 11.3. The minimum atomic E-state index is -0.415. The number of hydrogen-bond donors (Lipinski definition) is 1. The van der Waals surface area contributed by atoms with E-state index in [1.54, 1.807) is 6.08 Å². The first-order valence-corrected chi connectivity index (χ1v) is 4.08. The Morgan fingerprint density at radius 3 is 2.67 bits per heavy atom. The molecule has 0 rings (SSSR count). The van der Waals surface area contributed by atoms with Crippen LogP contribution in [0, 0.1) is 0 Å². The second-order valence-corrected chi connectivity index (χ2v) is 2.47. The molecule has 0 saturated heterocycles. The molecule has 0 heterocycles. The molecule has 68 valence electrons. The van der Waals surface area contributed by atoms with Crippen molar-refractivity contribution in [2.45, 2.75) is 13.3 Å². The van der Waals surface area contributed by atoms with Crippen molar-refractivity contribution < 1.29 is 4.39 Å². The molecule has 0 atom stereocenters. The van der Waals surface area contributed by atoms with Crippen molar-refractivity contribution in [3.63, 3.8) is 0 Å². The zero-order valence-electron chi connectivity index (χ0n) is 7.57. The molecule has 12 heavy (non-hydrogen) atoms. The second kappa shape index (κ2) is 6.80. The standard InChI is InChI=1S/C10H16FN/c1-4-10(8-9(3)11)6-7-12-5-2/h4,8,12H,1,3,5-7H2,2H3/b10-8+. The third-order valence-electron chi connectivity index (χ3n) is 1.44. The second-order valence-electron chi connectivity index (χ2n) is 2.47. The van der Waals surface area contributed by atoms with Gasteiger partial charge in [-0.1, -0.05) is 26.2 Å². The van der Waals surface area contributed by atoms with E-state index in [2.05, 4.69) is 18.5 Å². The minimum absolute atomic E-state index is 0.415. The maximum Gasteiger partial charge on any atom is 0.116 e. The van der Waals surface area contributed by atoms with Crippen molar-refractivity contribution >= 4 is 0 Å². The van der Waals surface area contributed by atoms with Crippen molar-refractivity contribution in [1.29, 1.82) is 0 Å². The predicted octanol–water partition coefficient (Wildman–Crippen LogP) is 2.58. The van der Waals surface area contributed by atoms with Crippen molar-refractivity contribution in [2.24, 2.45) is 0 Å². The molecule has 0 aromatic heterocycles. The first-order chi connectivity index (χ1) is 5.70. The molecule has 1 nitrogen and oxygen atoms in total. The van der Waals surface area contributed by atoms with Crippen LogP contribution in [0.2, 0.25) is 0 Å². The van der Waals surface area contributed by atoms with Crippen LogP contribution < -0.4 is 5.32 Å². The molecule has 0 aliphatic heterocycles. The Morgan fingerprint density at radius 2 is 2.25 bits per heavy atom. The van der Waals surface area contributed by atoms with Crippen molar-refractivity contribution in [3.05, 3.63) is 36.7 Å². The van der Waals surface area contributed by atoms with Gasteiger partial charge in [-0.25, -0.2) is 4.39 Å². The molecule has 1 N–H and O–H groups in total. The van der Waals surface area contributed by atoms with Gasteiger partial charge in [-0.15, -0.1) is 0 Å². The van der Waals surface area contributed by atoms with Crippen molar-refractivity contribution in [1.82, 2.24) is 5.32 Å². The monoisotopic (exact) mass is 169 g/mol. The zero-order chi connectivity index (χ0) is 9.40. The topological polar surface area (TPSA) is 12.0 Å². The van der Waals surface area contributed by atoms with Gasteiger partial charge in [0.25, 0.3) is 0 Å². The highest BCUT2D eigenvalue weighted by Crippen LogP contribution is 2.06. The van der Waals surface area contributed by atoms with Crippen LogP contribution in [0.5, 0.6) is 0 Å². The lowest BCUT2D eigenvalue weighted by Crippen LogP contribution is -2.14. The summed E-state index contributed by atoms with van der Waals surface area (Å²) in [6, 6.07) is 0. The molecule has 0 saturated carbocycles. The molecule has 0 fully saturated rings. The number of hydrogen-bond acceptors (Lipinski definition) is 1. The average molecular weight is 169 g/mol. The summed E-state index contributed by atoms with van der Waals surface area (Å²) in [5.74, 6) is -0.415. The van der Waals surface area contributed by atoms with E-state index in [9.17, 15) is 4.39 Å². The summed E-state index contributed by atoms with van der Waals surface area (Å²) in [6.07, 6.45) is 3.85. The van der Waals surface area contributed by atoms with E-state index in [0.29, 0.717) is 0 Å². The lowest BCUT2D eigenvalue weighted by molar-refractivity contribution is 0.666. The zero-order valence-corrected chi connectivity index (χ0v) is 7.57. The molecule has 0 aromatic rings. The number of rotatable bonds is 6. The van der Waals surface area contributed by atoms with Crippen molar-refractivity contribution in [2.75, 3.05) is 13.1 Å². The number of allylic oxidation sites excluding steroid dienone is 3.